The van der Waals surface area contributed by atoms with Crippen LogP contribution in [0.1, 0.15) is 12.5 Å². The second kappa shape index (κ2) is 10.4. The first kappa shape index (κ1) is 25.4. The van der Waals surface area contributed by atoms with Crippen LogP contribution < -0.4 is 14.4 Å². The van der Waals surface area contributed by atoms with Gasteiger partial charge in [0.2, 0.25) is 5.91 Å². The summed E-state index contributed by atoms with van der Waals surface area (Å²) in [4.78, 5) is 12.7. The number of carbonyl (C=O) groups excluding carboxylic acids is 1. The molecule has 0 radical (unpaired) electrons. The van der Waals surface area contributed by atoms with Crippen LogP contribution in [0.2, 0.25) is 5.02 Å². The molecule has 0 aromatic heterocycles. The summed E-state index contributed by atoms with van der Waals surface area (Å²) in [5, 5.41) is 2.48. The predicted octanol–water partition coefficient (Wildman–Crippen LogP) is 5.59. The quantitative estimate of drug-likeness (QED) is 0.427. The molecule has 0 saturated heterocycles. The second-order valence-corrected chi connectivity index (χ2v) is 9.26. The number of sulfonamides is 1. The fourth-order valence-electron chi connectivity index (χ4n) is 3.13. The van der Waals surface area contributed by atoms with Crippen molar-refractivity contribution in [2.75, 3.05) is 22.8 Å². The van der Waals surface area contributed by atoms with E-state index in [2.05, 4.69) is 5.32 Å². The lowest BCUT2D eigenvalue weighted by atomic mass is 10.1. The number of anilines is 2. The van der Waals surface area contributed by atoms with Gasteiger partial charge in [-0.25, -0.2) is 8.42 Å². The highest BCUT2D eigenvalue weighted by Crippen LogP contribution is 2.35. The minimum absolute atomic E-state index is 0.0542. The SMILES string of the molecule is CCOc1ccccc1N(CC(=O)Nc1ccccc1C(F)(F)F)S(=O)(=O)c1ccc(Cl)cc1. The van der Waals surface area contributed by atoms with Crippen LogP contribution in [0.25, 0.3) is 0 Å². The van der Waals surface area contributed by atoms with Crippen LogP contribution in [0.15, 0.2) is 77.7 Å². The molecule has 1 amide bonds. The van der Waals surface area contributed by atoms with Crippen LogP contribution in [0.5, 0.6) is 5.75 Å². The summed E-state index contributed by atoms with van der Waals surface area (Å²) in [5.74, 6) is -0.786. The Morgan fingerprint density at radius 1 is 1.00 bits per heavy atom. The van der Waals surface area contributed by atoms with E-state index in [9.17, 15) is 26.4 Å². The normalized spacial score (nSPS) is 11.7. The molecule has 0 unspecified atom stereocenters. The average Bonchev–Trinajstić information content (AvgIpc) is 2.78. The Balaban J connectivity index is 2.02. The third-order valence-electron chi connectivity index (χ3n) is 4.63. The maximum absolute atomic E-state index is 13.5. The van der Waals surface area contributed by atoms with E-state index in [1.165, 1.54) is 48.5 Å². The van der Waals surface area contributed by atoms with Gasteiger partial charge in [-0.3, -0.25) is 9.10 Å². The number of halogens is 4. The van der Waals surface area contributed by atoms with Gasteiger partial charge in [0.25, 0.3) is 10.0 Å². The van der Waals surface area contributed by atoms with Gasteiger partial charge < -0.3 is 10.1 Å². The number of benzene rings is 3. The molecule has 0 atom stereocenters. The van der Waals surface area contributed by atoms with E-state index in [4.69, 9.17) is 16.3 Å². The van der Waals surface area contributed by atoms with E-state index >= 15 is 0 Å². The Kier molecular flexibility index (Phi) is 7.73. The summed E-state index contributed by atoms with van der Waals surface area (Å²) < 4.78 is 73.2. The fraction of sp³-hybridized carbons (Fsp3) is 0.174. The Hall–Kier alpha value is -3.24. The second-order valence-electron chi connectivity index (χ2n) is 6.96. The zero-order chi connectivity index (χ0) is 24.9. The first-order chi connectivity index (χ1) is 16.0. The van der Waals surface area contributed by atoms with Crippen molar-refractivity contribution < 1.29 is 31.1 Å². The van der Waals surface area contributed by atoms with Crippen molar-refractivity contribution in [1.29, 1.82) is 0 Å². The van der Waals surface area contributed by atoms with Gasteiger partial charge in [-0.15, -0.1) is 0 Å². The monoisotopic (exact) mass is 512 g/mol. The maximum Gasteiger partial charge on any atom is 0.418 e. The number of alkyl halides is 3. The molecular weight excluding hydrogens is 493 g/mol. The van der Waals surface area contributed by atoms with Crippen molar-refractivity contribution in [1.82, 2.24) is 0 Å². The summed E-state index contributed by atoms with van der Waals surface area (Å²) in [6.45, 7) is 1.12. The molecule has 0 aliphatic rings. The van der Waals surface area contributed by atoms with Gasteiger partial charge in [0.15, 0.2) is 0 Å². The molecule has 0 aliphatic heterocycles. The molecule has 3 aromatic carbocycles. The highest BCUT2D eigenvalue weighted by Gasteiger charge is 2.34. The van der Waals surface area contributed by atoms with Gasteiger partial charge in [0, 0.05) is 5.02 Å². The smallest absolute Gasteiger partial charge is 0.418 e. The number of rotatable bonds is 8. The van der Waals surface area contributed by atoms with E-state index in [0.29, 0.717) is 5.02 Å². The number of nitrogens with one attached hydrogen (secondary N) is 1. The van der Waals surface area contributed by atoms with Gasteiger partial charge >= 0.3 is 6.18 Å². The van der Waals surface area contributed by atoms with Crippen molar-refractivity contribution in [3.05, 3.63) is 83.4 Å². The van der Waals surface area contributed by atoms with Gasteiger partial charge in [0.1, 0.15) is 12.3 Å². The molecule has 11 heteroatoms. The summed E-state index contributed by atoms with van der Waals surface area (Å²) in [6, 6.07) is 15.9. The number of carbonyl (C=O) groups is 1. The third-order valence-corrected chi connectivity index (χ3v) is 6.66. The number of para-hydroxylation sites is 3. The van der Waals surface area contributed by atoms with Crippen LogP contribution in [-0.4, -0.2) is 27.5 Å². The maximum atomic E-state index is 13.5. The van der Waals surface area contributed by atoms with E-state index in [-0.39, 0.29) is 22.9 Å². The lowest BCUT2D eigenvalue weighted by molar-refractivity contribution is -0.137. The number of ether oxygens (including phenoxy) is 1. The van der Waals surface area contributed by atoms with E-state index in [1.54, 1.807) is 19.1 Å². The van der Waals surface area contributed by atoms with Crippen LogP contribution in [-0.2, 0) is 21.0 Å². The summed E-state index contributed by atoms with van der Waals surface area (Å²) in [7, 11) is -4.33. The minimum Gasteiger partial charge on any atom is -0.492 e. The lowest BCUT2D eigenvalue weighted by Crippen LogP contribution is -2.38. The van der Waals surface area contributed by atoms with Crippen LogP contribution in [0.4, 0.5) is 24.5 Å². The molecule has 0 saturated carbocycles. The topological polar surface area (TPSA) is 75.7 Å². The van der Waals surface area contributed by atoms with Crippen molar-refractivity contribution in [2.24, 2.45) is 0 Å². The van der Waals surface area contributed by atoms with Gasteiger partial charge in [-0.05, 0) is 55.5 Å². The standard InChI is InChI=1S/C23H20ClF3N2O4S/c1-2-33-21-10-6-5-9-20(21)29(34(31,32)17-13-11-16(24)12-14-17)15-22(30)28-19-8-4-3-7-18(19)23(25,26)27/h3-14H,2,15H2,1H3,(H,28,30). The molecule has 3 rings (SSSR count). The van der Waals surface area contributed by atoms with E-state index in [1.807, 2.05) is 0 Å². The van der Waals surface area contributed by atoms with Gasteiger partial charge in [-0.1, -0.05) is 35.9 Å². The minimum atomic E-state index is -4.71. The van der Waals surface area contributed by atoms with Crippen molar-refractivity contribution in [2.45, 2.75) is 18.0 Å². The van der Waals surface area contributed by atoms with Crippen molar-refractivity contribution >= 4 is 38.9 Å². The third kappa shape index (κ3) is 5.81. The van der Waals surface area contributed by atoms with Crippen LogP contribution in [0, 0.1) is 0 Å². The Labute approximate surface area is 200 Å². The zero-order valence-corrected chi connectivity index (χ0v) is 19.4. The number of hydrogen-bond acceptors (Lipinski definition) is 4. The number of nitrogens with zero attached hydrogens (tertiary/aromatic N) is 1. The molecule has 0 heterocycles. The van der Waals surface area contributed by atoms with Crippen molar-refractivity contribution in [3.63, 3.8) is 0 Å². The molecule has 0 bridgehead atoms. The average molecular weight is 513 g/mol. The summed E-state index contributed by atoms with van der Waals surface area (Å²) in [5.41, 5.74) is -1.48. The molecule has 0 fully saturated rings. The predicted molar refractivity (Wildman–Crippen MR) is 124 cm³/mol. The molecule has 3 aromatic rings. The molecule has 0 spiro atoms. The Morgan fingerprint density at radius 2 is 1.62 bits per heavy atom. The first-order valence-electron chi connectivity index (χ1n) is 10.00. The first-order valence-corrected chi connectivity index (χ1v) is 11.8. The summed E-state index contributed by atoms with van der Waals surface area (Å²) >= 11 is 5.87. The largest absolute Gasteiger partial charge is 0.492 e. The molecule has 180 valence electrons. The highest BCUT2D eigenvalue weighted by molar-refractivity contribution is 7.92. The van der Waals surface area contributed by atoms with Crippen LogP contribution >= 0.6 is 11.6 Å². The number of hydrogen-bond donors (Lipinski definition) is 1. The number of amides is 1. The van der Waals surface area contributed by atoms with Crippen LogP contribution in [0.3, 0.4) is 0 Å². The summed E-state index contributed by atoms with van der Waals surface area (Å²) in [6.07, 6.45) is -4.71. The molecule has 0 aliphatic carbocycles. The van der Waals surface area contributed by atoms with Gasteiger partial charge in [-0.2, -0.15) is 13.2 Å². The lowest BCUT2D eigenvalue weighted by Gasteiger charge is -2.26. The Bertz CT molecular complexity index is 1270. The molecule has 6 nitrogen and oxygen atoms in total. The van der Waals surface area contributed by atoms with E-state index < -0.39 is 39.9 Å². The fourth-order valence-corrected chi connectivity index (χ4v) is 4.69. The highest BCUT2D eigenvalue weighted by atomic mass is 35.5. The van der Waals surface area contributed by atoms with E-state index in [0.717, 1.165) is 16.4 Å². The van der Waals surface area contributed by atoms with Gasteiger partial charge in [0.05, 0.1) is 28.4 Å². The molecular formula is C23H20ClF3N2O4S. The molecule has 34 heavy (non-hydrogen) atoms. The Morgan fingerprint density at radius 3 is 2.26 bits per heavy atom. The molecule has 1 N–H and O–H groups in total. The van der Waals surface area contributed by atoms with Crippen molar-refractivity contribution in [3.8, 4) is 5.75 Å². The zero-order valence-electron chi connectivity index (χ0n) is 17.8.